The molecule has 0 radical (unpaired) electrons. The number of carboxylic acid groups (broad SMARTS) is 1. The Balaban J connectivity index is 2.40. The summed E-state index contributed by atoms with van der Waals surface area (Å²) in [5.41, 5.74) is -1.25. The van der Waals surface area contributed by atoms with Gasteiger partial charge in [-0.3, -0.25) is 9.36 Å². The van der Waals surface area contributed by atoms with Gasteiger partial charge in [-0.25, -0.2) is 0 Å². The molecule has 8 heteroatoms. The zero-order valence-electron chi connectivity index (χ0n) is 21.2. The fraction of sp³-hybridized carbons (Fsp3) is 0.500. The van der Waals surface area contributed by atoms with E-state index in [4.69, 9.17) is 13.5 Å². The van der Waals surface area contributed by atoms with E-state index < -0.39 is 27.5 Å². The van der Waals surface area contributed by atoms with Crippen LogP contribution in [-0.2, 0) is 22.8 Å². The van der Waals surface area contributed by atoms with E-state index in [1.807, 2.05) is 43.3 Å². The number of hydrogen-bond acceptors (Lipinski definition) is 5. The van der Waals surface area contributed by atoms with Gasteiger partial charge in [-0.15, -0.1) is 0 Å². The van der Waals surface area contributed by atoms with Crippen molar-refractivity contribution in [2.24, 2.45) is 5.92 Å². The van der Waals surface area contributed by atoms with Crippen LogP contribution in [0.4, 0.5) is 0 Å². The van der Waals surface area contributed by atoms with Crippen molar-refractivity contribution >= 4 is 32.3 Å². The van der Waals surface area contributed by atoms with Crippen LogP contribution in [0.3, 0.4) is 0 Å². The highest BCUT2D eigenvalue weighted by atomic mass is 31.2. The number of carbonyl (C=O) groups is 1. The van der Waals surface area contributed by atoms with Crippen LogP contribution in [0.5, 0.6) is 0 Å². The lowest BCUT2D eigenvalue weighted by molar-refractivity contribution is -0.137. The molecule has 0 fully saturated rings. The lowest BCUT2D eigenvalue weighted by atomic mass is 10.1. The van der Waals surface area contributed by atoms with Gasteiger partial charge in [0.25, 0.3) is 8.32 Å². The van der Waals surface area contributed by atoms with Crippen molar-refractivity contribution in [3.05, 3.63) is 60.7 Å². The van der Waals surface area contributed by atoms with Crippen LogP contribution in [0.1, 0.15) is 48.0 Å². The van der Waals surface area contributed by atoms with Gasteiger partial charge in [0.1, 0.15) is 0 Å². The van der Waals surface area contributed by atoms with E-state index in [1.165, 1.54) is 0 Å². The number of rotatable bonds is 13. The van der Waals surface area contributed by atoms with Gasteiger partial charge in [-0.05, 0) is 41.6 Å². The molecule has 2 atom stereocenters. The van der Waals surface area contributed by atoms with Crippen molar-refractivity contribution in [1.29, 1.82) is 0 Å². The normalized spacial score (nSPS) is 14.5. The van der Waals surface area contributed by atoms with Crippen molar-refractivity contribution in [3.63, 3.8) is 0 Å². The summed E-state index contributed by atoms with van der Waals surface area (Å²) in [6.07, 6.45) is 0.130. The quantitative estimate of drug-likeness (QED) is 0.293. The molecule has 0 aromatic heterocycles. The Morgan fingerprint density at radius 1 is 0.941 bits per heavy atom. The summed E-state index contributed by atoms with van der Waals surface area (Å²) in [6, 6.07) is 20.6. The molecule has 2 rings (SSSR count). The highest BCUT2D eigenvalue weighted by Crippen LogP contribution is 2.55. The second kappa shape index (κ2) is 12.3. The average molecular weight is 507 g/mol. The van der Waals surface area contributed by atoms with Crippen LogP contribution in [0.15, 0.2) is 60.7 Å². The number of benzene rings is 2. The smallest absolute Gasteiger partial charge is 0.344 e. The van der Waals surface area contributed by atoms with E-state index in [9.17, 15) is 14.5 Å². The van der Waals surface area contributed by atoms with E-state index in [2.05, 4.69) is 45.0 Å². The topological polar surface area (TPSA) is 82.1 Å². The third-order valence-electron chi connectivity index (χ3n) is 5.91. The number of carboxylic acids is 1. The van der Waals surface area contributed by atoms with Crippen LogP contribution >= 0.6 is 7.60 Å². The Labute approximate surface area is 205 Å². The molecular formula is C26H39O6PSi. The van der Waals surface area contributed by atoms with Gasteiger partial charge in [0.05, 0.1) is 13.2 Å². The molecule has 0 heterocycles. The summed E-state index contributed by atoms with van der Waals surface area (Å²) in [4.78, 5) is 12.1. The van der Waals surface area contributed by atoms with Crippen LogP contribution in [0.25, 0.3) is 0 Å². The molecule has 2 aromatic rings. The summed E-state index contributed by atoms with van der Waals surface area (Å²) in [7, 11) is -6.54. The highest BCUT2D eigenvalue weighted by molar-refractivity contribution is 7.55. The van der Waals surface area contributed by atoms with E-state index >= 15 is 0 Å². The monoisotopic (exact) mass is 506 g/mol. The molecule has 0 bridgehead atoms. The second-order valence-corrected chi connectivity index (χ2v) is 16.1. The lowest BCUT2D eigenvalue weighted by Gasteiger charge is -2.43. The van der Waals surface area contributed by atoms with Gasteiger partial charge >= 0.3 is 13.6 Å². The molecule has 34 heavy (non-hydrogen) atoms. The lowest BCUT2D eigenvalue weighted by Crippen LogP contribution is -2.66. The Bertz CT molecular complexity index is 895. The molecule has 0 spiro atoms. The van der Waals surface area contributed by atoms with E-state index in [0.29, 0.717) is 6.61 Å². The van der Waals surface area contributed by atoms with Crippen LogP contribution < -0.4 is 10.4 Å². The maximum Gasteiger partial charge on any atom is 0.344 e. The van der Waals surface area contributed by atoms with Crippen molar-refractivity contribution in [2.45, 2.75) is 58.7 Å². The summed E-state index contributed by atoms with van der Waals surface area (Å²) in [5.74, 6) is -1.36. The van der Waals surface area contributed by atoms with Crippen LogP contribution in [0, 0.1) is 5.92 Å². The van der Waals surface area contributed by atoms with Crippen molar-refractivity contribution < 1.29 is 27.9 Å². The van der Waals surface area contributed by atoms with Gasteiger partial charge in [-0.1, -0.05) is 88.4 Å². The molecular weight excluding hydrogens is 467 g/mol. The molecule has 0 aliphatic carbocycles. The van der Waals surface area contributed by atoms with Crippen molar-refractivity contribution in [1.82, 2.24) is 0 Å². The Morgan fingerprint density at radius 2 is 1.38 bits per heavy atom. The second-order valence-electron chi connectivity index (χ2n) is 9.54. The van der Waals surface area contributed by atoms with E-state index in [0.717, 1.165) is 10.4 Å². The summed E-state index contributed by atoms with van der Waals surface area (Å²) >= 11 is 0. The van der Waals surface area contributed by atoms with Gasteiger partial charge in [0, 0.05) is 6.61 Å². The molecule has 2 unspecified atom stereocenters. The first kappa shape index (κ1) is 28.5. The largest absolute Gasteiger partial charge is 0.481 e. The molecule has 0 saturated carbocycles. The minimum Gasteiger partial charge on any atom is -0.481 e. The average Bonchev–Trinajstić information content (AvgIpc) is 2.78. The standard InChI is InChI=1S/C26H39O6PSi/c1-7-30-33(29,31-8-2)24(25(27)28)19-21(3)20-32-34(26(4,5)6,22-15-11-9-12-16-22)23-17-13-10-14-18-23/h9-18,21,24H,7-8,19-20H2,1-6H3,(H,27,28). The number of hydrogen-bond donors (Lipinski definition) is 1. The van der Waals surface area contributed by atoms with Gasteiger partial charge in [0.15, 0.2) is 5.66 Å². The van der Waals surface area contributed by atoms with Gasteiger partial charge in [0.2, 0.25) is 0 Å². The van der Waals surface area contributed by atoms with Gasteiger partial charge < -0.3 is 18.6 Å². The maximum absolute atomic E-state index is 13.2. The predicted molar refractivity (Wildman–Crippen MR) is 140 cm³/mol. The first-order valence-corrected chi connectivity index (χ1v) is 15.4. The number of aliphatic carboxylic acids is 1. The third kappa shape index (κ3) is 6.46. The first-order valence-electron chi connectivity index (χ1n) is 11.9. The summed E-state index contributed by atoms with van der Waals surface area (Å²) in [6.45, 7) is 12.4. The van der Waals surface area contributed by atoms with E-state index in [-0.39, 0.29) is 30.6 Å². The molecule has 1 N–H and O–H groups in total. The third-order valence-corrected chi connectivity index (χ3v) is 13.3. The van der Waals surface area contributed by atoms with E-state index in [1.54, 1.807) is 13.8 Å². The molecule has 0 amide bonds. The van der Waals surface area contributed by atoms with Crippen LogP contribution in [0.2, 0.25) is 5.04 Å². The fourth-order valence-corrected chi connectivity index (χ4v) is 11.2. The SMILES string of the molecule is CCOP(=O)(OCC)C(CC(C)CO[Si](c1ccccc1)(c1ccccc1)C(C)(C)C)C(=O)O. The zero-order chi connectivity index (χ0) is 25.4. The first-order chi connectivity index (χ1) is 16.0. The Kier molecular flexibility index (Phi) is 10.3. The highest BCUT2D eigenvalue weighted by Gasteiger charge is 2.50. The fourth-order valence-electron chi connectivity index (χ4n) is 4.42. The maximum atomic E-state index is 13.2. The minimum atomic E-state index is -3.80. The predicted octanol–water partition coefficient (Wildman–Crippen LogP) is 5.31. The van der Waals surface area contributed by atoms with Crippen LogP contribution in [-0.4, -0.2) is 44.9 Å². The Hall–Kier alpha value is -1.76. The molecule has 0 aliphatic rings. The Morgan fingerprint density at radius 3 is 1.74 bits per heavy atom. The van der Waals surface area contributed by atoms with Crippen molar-refractivity contribution in [2.75, 3.05) is 19.8 Å². The molecule has 2 aromatic carbocycles. The molecule has 0 aliphatic heterocycles. The molecule has 188 valence electrons. The zero-order valence-corrected chi connectivity index (χ0v) is 23.1. The minimum absolute atomic E-state index is 0.119. The van der Waals surface area contributed by atoms with Gasteiger partial charge in [-0.2, -0.15) is 0 Å². The van der Waals surface area contributed by atoms with Crippen molar-refractivity contribution in [3.8, 4) is 0 Å². The molecule has 0 saturated heterocycles. The summed E-state index contributed by atoms with van der Waals surface area (Å²) in [5, 5.41) is 12.0. The summed E-state index contributed by atoms with van der Waals surface area (Å²) < 4.78 is 30.9. The molecule has 6 nitrogen and oxygen atoms in total.